The monoisotopic (exact) mass is 1760 g/mol. The molecule has 698 valence electrons. The predicted molar refractivity (Wildman–Crippen MR) is 367 cm³/mol. The lowest BCUT2D eigenvalue weighted by Crippen LogP contribution is -2.70. The number of ether oxygens (including phenoxy) is 18. The third-order valence-electron chi connectivity index (χ3n) is 21.7. The van der Waals surface area contributed by atoms with Crippen LogP contribution < -0.4 is 16.0 Å². The minimum Gasteiger partial charge on any atom is -0.394 e. The van der Waals surface area contributed by atoms with Crippen LogP contribution in [0.1, 0.15) is 20.8 Å². The molecule has 49 atom stereocenters. The zero-order chi connectivity index (χ0) is 88.6. The van der Waals surface area contributed by atoms with Crippen LogP contribution in [0.4, 0.5) is 0 Å². The van der Waals surface area contributed by atoms with Gasteiger partial charge in [-0.15, -0.1) is 0 Å². The van der Waals surface area contributed by atoms with Crippen LogP contribution in [0, 0.1) is 0 Å². The number of hydrogen-bond acceptors (Lipinski definition) is 51. The van der Waals surface area contributed by atoms with Gasteiger partial charge >= 0.3 is 0 Å². The molecule has 0 radical (unpaired) electrons. The Hall–Kier alpha value is -3.51. The molecule has 0 aromatic carbocycles. The van der Waals surface area contributed by atoms with Crippen LogP contribution >= 0.6 is 0 Å². The van der Waals surface area contributed by atoms with Gasteiger partial charge in [-0.3, -0.25) is 14.4 Å². The van der Waals surface area contributed by atoms with E-state index in [4.69, 9.17) is 85.3 Å². The molecule has 9 heterocycles. The molecule has 33 N–H and O–H groups in total. The van der Waals surface area contributed by atoms with Crippen molar-refractivity contribution in [2.75, 3.05) is 72.7 Å². The lowest BCUT2D eigenvalue weighted by atomic mass is 9.94. The smallest absolute Gasteiger partial charge is 0.217 e. The van der Waals surface area contributed by atoms with E-state index >= 15 is 0 Å². The van der Waals surface area contributed by atoms with Crippen LogP contribution in [0.25, 0.3) is 0 Å². The summed E-state index contributed by atoms with van der Waals surface area (Å²) in [6.45, 7) is -9.84. The highest BCUT2D eigenvalue weighted by atomic mass is 16.8. The van der Waals surface area contributed by atoms with Crippen molar-refractivity contribution in [2.24, 2.45) is 0 Å². The topological polar surface area (TPSA) is 860 Å². The molecule has 3 amide bonds. The quantitative estimate of drug-likeness (QED) is 0.0280. The second-order valence-corrected chi connectivity index (χ2v) is 30.0. The fourth-order valence-electron chi connectivity index (χ4n) is 15.0. The van der Waals surface area contributed by atoms with Gasteiger partial charge in [0.2, 0.25) is 17.7 Å². The van der Waals surface area contributed by atoms with E-state index in [2.05, 4.69) is 16.0 Å². The largest absolute Gasteiger partial charge is 0.394 e. The summed E-state index contributed by atoms with van der Waals surface area (Å²) in [6, 6.07) is -5.53. The van der Waals surface area contributed by atoms with Crippen molar-refractivity contribution in [3.8, 4) is 0 Å². The molecular weight excluding hydrogens is 1650 g/mol. The van der Waals surface area contributed by atoms with E-state index in [0.717, 1.165) is 20.8 Å². The first-order chi connectivity index (χ1) is 56.8. The number of amides is 3. The van der Waals surface area contributed by atoms with Crippen molar-refractivity contribution >= 4 is 17.7 Å². The van der Waals surface area contributed by atoms with Crippen LogP contribution in [0.5, 0.6) is 0 Å². The maximum absolute atomic E-state index is 13.0. The molecule has 0 aliphatic carbocycles. The predicted octanol–water partition coefficient (Wildman–Crippen LogP) is -22.7. The number of hydrogen-bond donors (Lipinski definition) is 33. The van der Waals surface area contributed by atoms with Crippen LogP contribution in [0.15, 0.2) is 0 Å². The molecule has 0 bridgehead atoms. The van der Waals surface area contributed by atoms with Crippen molar-refractivity contribution in [1.82, 2.24) is 16.0 Å². The van der Waals surface area contributed by atoms with Crippen molar-refractivity contribution in [2.45, 2.75) is 321 Å². The molecule has 9 saturated heterocycles. The van der Waals surface area contributed by atoms with Gasteiger partial charge in [-0.25, -0.2) is 0 Å². The summed E-state index contributed by atoms with van der Waals surface area (Å²) in [7, 11) is 0. The summed E-state index contributed by atoms with van der Waals surface area (Å²) in [5.74, 6) is -2.75. The van der Waals surface area contributed by atoms with E-state index in [1.165, 1.54) is 0 Å². The lowest BCUT2D eigenvalue weighted by Gasteiger charge is -2.50. The standard InChI is InChI=1S/C66H113N3O51/c1-15(79)67-18(4-70)31(83)51(19(82)5-71)114-59-30(69-17(3)81)41(93)52(26(12-78)111-59)115-63-50(102)54(117-65-56(45(97)36(88)24(10-76)109-65)118-58-29(68-16(2)80)40(92)32(84)20(6-72)105-58)39(91)28(113-63)13-103-60-49(101)53(116-66-57(46(98)37(89)25(11-77)110-66)120-62-48(100)43(95)34(86)22(8-74)107-62)38(90)27(112-60)14-104-64-55(44(96)35(87)23(9-75)108-64)119-61-47(99)42(94)33(85)21(7-73)106-61/h18-66,70-78,82-102H,4-14H2,1-3H3,(H,67,79)(H,68,80)(H,69,81)/t18-,19+,20+,21+,22+,23+,24+,25+,26+,27+,28+,29+,30+,31+,32+,33+,34+,35+,36+,37+,38+,39+,40+,41+,42-,43-,44-,45-,46-,47-,48-,49-,50-,51+,52+,53-,54-,55-,56-,57-,58-,59-,60-,61+,62+,63-,64-,65+,66+/m0/s1. The van der Waals surface area contributed by atoms with E-state index in [1.807, 2.05) is 0 Å². The van der Waals surface area contributed by atoms with Gasteiger partial charge in [0.15, 0.2) is 56.6 Å². The summed E-state index contributed by atoms with van der Waals surface area (Å²) in [6.07, 6.45) is -101. The van der Waals surface area contributed by atoms with Crippen molar-refractivity contribution in [1.29, 1.82) is 0 Å². The molecule has 9 rings (SSSR count). The highest BCUT2D eigenvalue weighted by molar-refractivity contribution is 5.74. The molecule has 54 nitrogen and oxygen atoms in total. The number of carbonyl (C=O) groups excluding carboxylic acids is 3. The number of aliphatic hydroxyl groups is 30. The molecule has 120 heavy (non-hydrogen) atoms. The zero-order valence-corrected chi connectivity index (χ0v) is 64.1. The summed E-state index contributed by atoms with van der Waals surface area (Å²) >= 11 is 0. The maximum atomic E-state index is 13.0. The average molecular weight is 1760 g/mol. The lowest BCUT2D eigenvalue weighted by molar-refractivity contribution is -0.399. The van der Waals surface area contributed by atoms with E-state index in [0.29, 0.717) is 0 Å². The number of aliphatic hydroxyl groups excluding tert-OH is 30. The Labute approximate surface area is 678 Å². The Morgan fingerprint density at radius 1 is 0.283 bits per heavy atom. The van der Waals surface area contributed by atoms with Crippen LogP contribution in [0.3, 0.4) is 0 Å². The van der Waals surface area contributed by atoms with Crippen molar-refractivity contribution < 1.29 is 253 Å². The Kier molecular flexibility index (Phi) is 37.2. The third kappa shape index (κ3) is 22.4. The summed E-state index contributed by atoms with van der Waals surface area (Å²) in [5.41, 5.74) is 0. The minimum absolute atomic E-state index is 0.831. The van der Waals surface area contributed by atoms with E-state index in [-0.39, 0.29) is 0 Å². The van der Waals surface area contributed by atoms with E-state index in [1.54, 1.807) is 0 Å². The first-order valence-corrected chi connectivity index (χ1v) is 38.1. The highest BCUT2D eigenvalue weighted by Gasteiger charge is 2.61. The first-order valence-electron chi connectivity index (χ1n) is 38.1. The van der Waals surface area contributed by atoms with Crippen LogP contribution in [-0.4, -0.2) is 544 Å². The summed E-state index contributed by atoms with van der Waals surface area (Å²) in [5, 5.41) is 340. The van der Waals surface area contributed by atoms with Gasteiger partial charge in [-0.1, -0.05) is 0 Å². The SMILES string of the molecule is CC(=O)N[C@H]1[C@H](O[C@@H]([C@H](O)[C@H](CO)NC(C)=O)[C@H](O)CO)O[C@H](CO)[C@@H](O[C@@H]2O[C@H](CO[C@H]3O[C@H](CO[C@H]4O[C@H](CO)[C@@H](O)[C@H](O)[C@@H]4O[C@H]4O[C@H](CO)[C@@H](O)[C@H](O)[C@@H]4O)[C@@H](O)[C@H](O[C@H]4O[C@H](CO)[C@@H](O)[C@H](O)[C@@H]4O[C@H]4O[C@H](CO)[C@@H](O)[C@H](O)[C@@H]4O)[C@@H]3O)[C@@H](O)[C@H](O[C@H]3O[C@H](CO)[C@@H](O)[C@H](O)[C@@H]3O[C@@H]3O[C@H](CO)[C@@H](O)[C@H](O)[C@H]3NC(C)=O)[C@@H]2O)[C@@H]1O. The van der Waals surface area contributed by atoms with Gasteiger partial charge < -0.3 is 254 Å². The fourth-order valence-corrected chi connectivity index (χ4v) is 15.0. The molecule has 9 fully saturated rings. The second kappa shape index (κ2) is 44.5. The Balaban J connectivity index is 1.10. The van der Waals surface area contributed by atoms with Crippen LogP contribution in [-0.2, 0) is 99.6 Å². The van der Waals surface area contributed by atoms with E-state index < -0.39 is 391 Å². The number of nitrogens with one attached hydrogen (secondary N) is 3. The number of carbonyl (C=O) groups is 3. The van der Waals surface area contributed by atoms with Crippen molar-refractivity contribution in [3.63, 3.8) is 0 Å². The minimum atomic E-state index is -2.63. The number of rotatable bonds is 35. The van der Waals surface area contributed by atoms with Gasteiger partial charge in [0.05, 0.1) is 78.7 Å². The normalized spacial score (nSPS) is 47.6. The van der Waals surface area contributed by atoms with Crippen LogP contribution in [0.2, 0.25) is 0 Å². The second-order valence-electron chi connectivity index (χ2n) is 30.0. The Morgan fingerprint density at radius 2 is 0.592 bits per heavy atom. The van der Waals surface area contributed by atoms with Gasteiger partial charge in [-0.2, -0.15) is 0 Å². The van der Waals surface area contributed by atoms with Gasteiger partial charge in [-0.05, 0) is 0 Å². The zero-order valence-electron chi connectivity index (χ0n) is 64.1. The first kappa shape index (κ1) is 100. The average Bonchev–Trinajstić information content (AvgIpc) is 0.754. The molecule has 54 heteroatoms. The molecular formula is C66H113N3O51. The van der Waals surface area contributed by atoms with Crippen molar-refractivity contribution in [3.05, 3.63) is 0 Å². The molecule has 0 spiro atoms. The summed E-state index contributed by atoms with van der Waals surface area (Å²) in [4.78, 5) is 37.7. The highest BCUT2D eigenvalue weighted by Crippen LogP contribution is 2.40. The van der Waals surface area contributed by atoms with Gasteiger partial charge in [0.1, 0.15) is 238 Å². The Morgan fingerprint density at radius 3 is 0.992 bits per heavy atom. The fraction of sp³-hybridized carbons (Fsp3) is 0.955. The molecule has 0 aromatic rings. The Bertz CT molecular complexity index is 3120. The summed E-state index contributed by atoms with van der Waals surface area (Å²) < 4.78 is 106. The molecule has 9 aliphatic heterocycles. The molecule has 0 saturated carbocycles. The molecule has 0 unspecified atom stereocenters. The van der Waals surface area contributed by atoms with E-state index in [9.17, 15) is 168 Å². The molecule has 0 aromatic heterocycles. The molecule has 9 aliphatic rings. The maximum Gasteiger partial charge on any atom is 0.217 e. The third-order valence-corrected chi connectivity index (χ3v) is 21.7. The van der Waals surface area contributed by atoms with Gasteiger partial charge in [0.25, 0.3) is 0 Å². The van der Waals surface area contributed by atoms with Gasteiger partial charge in [0, 0.05) is 20.8 Å².